The van der Waals surface area contributed by atoms with Crippen LogP contribution in [0.3, 0.4) is 0 Å². The highest BCUT2D eigenvalue weighted by molar-refractivity contribution is 5.93. The summed E-state index contributed by atoms with van der Waals surface area (Å²) in [6, 6.07) is 1.17. The number of carbonyl (C=O) groups excluding carboxylic acids is 1. The van der Waals surface area contributed by atoms with E-state index in [0.29, 0.717) is 12.5 Å². The topological polar surface area (TPSA) is 62.2 Å². The second kappa shape index (κ2) is 6.61. The van der Waals surface area contributed by atoms with Crippen molar-refractivity contribution in [3.05, 3.63) is 29.8 Å². The number of carbonyl (C=O) groups is 1. The molecule has 1 amide bonds. The molecule has 0 spiro atoms. The van der Waals surface area contributed by atoms with Crippen LogP contribution in [0.2, 0.25) is 0 Å². The van der Waals surface area contributed by atoms with Crippen LogP contribution >= 0.6 is 0 Å². The van der Waals surface area contributed by atoms with Crippen molar-refractivity contribution in [3.63, 3.8) is 0 Å². The number of aliphatic hydroxyl groups excluding tert-OH is 1. The minimum atomic E-state index is -0.515. The molecule has 2 atom stereocenters. The standard InChI is InChI=1S/C14H19FN2O2/c15-13-5-12(6-16-8-13)14(19)17-7-10-3-1-2-4-11(10)9-18/h5-6,8,10-11,18H,1-4,7,9H2,(H,17,19). The van der Waals surface area contributed by atoms with Crippen LogP contribution in [0, 0.1) is 17.7 Å². The van der Waals surface area contributed by atoms with Crippen LogP contribution in [0.1, 0.15) is 36.0 Å². The summed E-state index contributed by atoms with van der Waals surface area (Å²) in [4.78, 5) is 15.5. The molecular weight excluding hydrogens is 247 g/mol. The molecule has 0 aromatic carbocycles. The number of aromatic nitrogens is 1. The SMILES string of the molecule is O=C(NCC1CCCCC1CO)c1cncc(F)c1. The smallest absolute Gasteiger partial charge is 0.252 e. The van der Waals surface area contributed by atoms with E-state index in [1.165, 1.54) is 12.3 Å². The normalized spacial score (nSPS) is 23.1. The number of hydrogen-bond donors (Lipinski definition) is 2. The Labute approximate surface area is 112 Å². The molecule has 0 saturated heterocycles. The molecule has 1 heterocycles. The van der Waals surface area contributed by atoms with Gasteiger partial charge in [0.15, 0.2) is 0 Å². The molecule has 104 valence electrons. The van der Waals surface area contributed by atoms with Crippen molar-refractivity contribution >= 4 is 5.91 Å². The second-order valence-electron chi connectivity index (χ2n) is 5.09. The van der Waals surface area contributed by atoms with E-state index >= 15 is 0 Å². The number of nitrogens with zero attached hydrogens (tertiary/aromatic N) is 1. The Morgan fingerprint density at radius 3 is 2.79 bits per heavy atom. The number of aliphatic hydroxyl groups is 1. The lowest BCUT2D eigenvalue weighted by atomic mass is 9.79. The highest BCUT2D eigenvalue weighted by Gasteiger charge is 2.24. The summed E-state index contributed by atoms with van der Waals surface area (Å²) >= 11 is 0. The Balaban J connectivity index is 1.89. The molecule has 1 aromatic heterocycles. The van der Waals surface area contributed by atoms with Gasteiger partial charge in [-0.2, -0.15) is 0 Å². The molecule has 0 radical (unpaired) electrons. The predicted octanol–water partition coefficient (Wildman–Crippen LogP) is 1.75. The van der Waals surface area contributed by atoms with E-state index in [4.69, 9.17) is 0 Å². The lowest BCUT2D eigenvalue weighted by molar-refractivity contribution is 0.0908. The largest absolute Gasteiger partial charge is 0.396 e. The van der Waals surface area contributed by atoms with Gasteiger partial charge in [-0.1, -0.05) is 12.8 Å². The first-order valence-electron chi connectivity index (χ1n) is 6.70. The molecule has 1 aromatic rings. The molecule has 1 fully saturated rings. The van der Waals surface area contributed by atoms with Crippen molar-refractivity contribution in [2.45, 2.75) is 25.7 Å². The molecule has 4 nitrogen and oxygen atoms in total. The molecule has 5 heteroatoms. The molecule has 2 N–H and O–H groups in total. The van der Waals surface area contributed by atoms with Gasteiger partial charge in [-0.3, -0.25) is 9.78 Å². The minimum Gasteiger partial charge on any atom is -0.396 e. The number of pyridine rings is 1. The first-order chi connectivity index (χ1) is 9.20. The maximum Gasteiger partial charge on any atom is 0.252 e. The lowest BCUT2D eigenvalue weighted by Crippen LogP contribution is -2.35. The van der Waals surface area contributed by atoms with Gasteiger partial charge in [0.05, 0.1) is 11.8 Å². The van der Waals surface area contributed by atoms with Crippen molar-refractivity contribution in [3.8, 4) is 0 Å². The van der Waals surface area contributed by atoms with Gasteiger partial charge >= 0.3 is 0 Å². The predicted molar refractivity (Wildman–Crippen MR) is 69.1 cm³/mol. The van der Waals surface area contributed by atoms with Crippen LogP contribution in [0.5, 0.6) is 0 Å². The second-order valence-corrected chi connectivity index (χ2v) is 5.09. The highest BCUT2D eigenvalue weighted by atomic mass is 19.1. The Morgan fingerprint density at radius 1 is 1.37 bits per heavy atom. The highest BCUT2D eigenvalue weighted by Crippen LogP contribution is 2.29. The number of hydrogen-bond acceptors (Lipinski definition) is 3. The van der Waals surface area contributed by atoms with Crippen molar-refractivity contribution in [1.29, 1.82) is 0 Å². The van der Waals surface area contributed by atoms with Crippen molar-refractivity contribution in [2.75, 3.05) is 13.2 Å². The van der Waals surface area contributed by atoms with Crippen LogP contribution < -0.4 is 5.32 Å². The first kappa shape index (κ1) is 13.9. The summed E-state index contributed by atoms with van der Waals surface area (Å²) < 4.78 is 13.0. The Kier molecular flexibility index (Phi) is 4.85. The maximum atomic E-state index is 13.0. The third-order valence-electron chi connectivity index (χ3n) is 3.79. The lowest BCUT2D eigenvalue weighted by Gasteiger charge is -2.30. The minimum absolute atomic E-state index is 0.169. The molecular formula is C14H19FN2O2. The Bertz CT molecular complexity index is 439. The van der Waals surface area contributed by atoms with Crippen LogP contribution in [0.25, 0.3) is 0 Å². The third kappa shape index (κ3) is 3.73. The van der Waals surface area contributed by atoms with E-state index in [1.54, 1.807) is 0 Å². The van der Waals surface area contributed by atoms with Gasteiger partial charge in [0.2, 0.25) is 0 Å². The fraction of sp³-hybridized carbons (Fsp3) is 0.571. The van der Waals surface area contributed by atoms with Crippen LogP contribution in [-0.4, -0.2) is 29.1 Å². The van der Waals surface area contributed by atoms with E-state index < -0.39 is 5.82 Å². The number of halogens is 1. The molecule has 2 unspecified atom stereocenters. The van der Waals surface area contributed by atoms with Crippen molar-refractivity contribution in [2.24, 2.45) is 11.8 Å². The van der Waals surface area contributed by atoms with E-state index in [-0.39, 0.29) is 24.0 Å². The number of nitrogens with one attached hydrogen (secondary N) is 1. The van der Waals surface area contributed by atoms with Gasteiger partial charge in [0.1, 0.15) is 5.82 Å². The van der Waals surface area contributed by atoms with Gasteiger partial charge < -0.3 is 10.4 Å². The van der Waals surface area contributed by atoms with Crippen molar-refractivity contribution in [1.82, 2.24) is 10.3 Å². The van der Waals surface area contributed by atoms with Gasteiger partial charge in [0, 0.05) is 19.3 Å². The molecule has 1 aliphatic carbocycles. The third-order valence-corrected chi connectivity index (χ3v) is 3.79. The first-order valence-corrected chi connectivity index (χ1v) is 6.70. The molecule has 1 aliphatic rings. The van der Waals surface area contributed by atoms with E-state index in [0.717, 1.165) is 31.9 Å². The molecule has 0 bridgehead atoms. The zero-order chi connectivity index (χ0) is 13.7. The zero-order valence-corrected chi connectivity index (χ0v) is 10.8. The summed E-state index contributed by atoms with van der Waals surface area (Å²) in [5, 5.41) is 12.1. The zero-order valence-electron chi connectivity index (χ0n) is 10.8. The molecule has 1 saturated carbocycles. The average molecular weight is 266 g/mol. The Morgan fingerprint density at radius 2 is 2.11 bits per heavy atom. The molecule has 2 rings (SSSR count). The van der Waals surface area contributed by atoms with Gasteiger partial charge in [-0.15, -0.1) is 0 Å². The van der Waals surface area contributed by atoms with Crippen molar-refractivity contribution < 1.29 is 14.3 Å². The summed E-state index contributed by atoms with van der Waals surface area (Å²) in [5.74, 6) is -0.253. The van der Waals surface area contributed by atoms with Crippen LogP contribution in [0.4, 0.5) is 4.39 Å². The van der Waals surface area contributed by atoms with E-state index in [9.17, 15) is 14.3 Å². The van der Waals surface area contributed by atoms with Gasteiger partial charge in [-0.05, 0) is 30.7 Å². The van der Waals surface area contributed by atoms with Gasteiger partial charge in [0.25, 0.3) is 5.91 Å². The van der Waals surface area contributed by atoms with Crippen LogP contribution in [0.15, 0.2) is 18.5 Å². The number of rotatable bonds is 4. The fourth-order valence-corrected chi connectivity index (χ4v) is 2.66. The summed E-state index contributed by atoms with van der Waals surface area (Å²) in [6.45, 7) is 0.697. The van der Waals surface area contributed by atoms with E-state index in [2.05, 4.69) is 10.3 Å². The number of amides is 1. The summed E-state index contributed by atoms with van der Waals surface area (Å²) in [5.41, 5.74) is 0.233. The summed E-state index contributed by atoms with van der Waals surface area (Å²) in [7, 11) is 0. The Hall–Kier alpha value is -1.49. The molecule has 19 heavy (non-hydrogen) atoms. The maximum absolute atomic E-state index is 13.0. The van der Waals surface area contributed by atoms with Gasteiger partial charge in [-0.25, -0.2) is 4.39 Å². The summed E-state index contributed by atoms with van der Waals surface area (Å²) in [6.07, 6.45) is 6.73. The fourth-order valence-electron chi connectivity index (χ4n) is 2.66. The van der Waals surface area contributed by atoms with Crippen LogP contribution in [-0.2, 0) is 0 Å². The average Bonchev–Trinajstić information content (AvgIpc) is 2.45. The molecule has 0 aliphatic heterocycles. The quantitative estimate of drug-likeness (QED) is 0.872. The monoisotopic (exact) mass is 266 g/mol. The van der Waals surface area contributed by atoms with E-state index in [1.807, 2.05) is 0 Å².